The van der Waals surface area contributed by atoms with Crippen LogP contribution in [0.3, 0.4) is 0 Å². The van der Waals surface area contributed by atoms with Gasteiger partial charge >= 0.3 is 5.63 Å². The van der Waals surface area contributed by atoms with Crippen molar-refractivity contribution in [3.05, 3.63) is 59.0 Å². The summed E-state index contributed by atoms with van der Waals surface area (Å²) in [6.45, 7) is 0. The molecule has 0 unspecified atom stereocenters. The van der Waals surface area contributed by atoms with E-state index in [4.69, 9.17) is 13.9 Å². The molecule has 1 N–H and O–H groups in total. The molecule has 0 aliphatic heterocycles. The zero-order chi connectivity index (χ0) is 15.5. The van der Waals surface area contributed by atoms with Crippen molar-refractivity contribution < 1.29 is 13.9 Å². The summed E-state index contributed by atoms with van der Waals surface area (Å²) in [6.07, 6.45) is 0. The smallest absolute Gasteiger partial charge is 0.338 e. The average molecular weight is 297 g/mol. The van der Waals surface area contributed by atoms with E-state index >= 15 is 0 Å². The lowest BCUT2D eigenvalue weighted by molar-refractivity contribution is 0.395. The minimum absolute atomic E-state index is 0.409. The molecule has 0 saturated heterocycles. The molecule has 2 aromatic carbocycles. The number of hydrogen-bond acceptors (Lipinski definition) is 5. The number of rotatable bonds is 4. The molecule has 112 valence electrons. The fourth-order valence-corrected chi connectivity index (χ4v) is 2.26. The topological polar surface area (TPSA) is 60.7 Å². The maximum absolute atomic E-state index is 11.7. The first-order valence-electron chi connectivity index (χ1n) is 6.73. The Labute approximate surface area is 127 Å². The largest absolute Gasteiger partial charge is 0.497 e. The van der Waals surface area contributed by atoms with Gasteiger partial charge in [-0.3, -0.25) is 0 Å². The Morgan fingerprint density at radius 3 is 2.55 bits per heavy atom. The van der Waals surface area contributed by atoms with Crippen molar-refractivity contribution in [1.82, 2.24) is 0 Å². The molecule has 1 aromatic heterocycles. The van der Waals surface area contributed by atoms with Crippen molar-refractivity contribution in [1.29, 1.82) is 0 Å². The molecule has 0 radical (unpaired) electrons. The third-order valence-corrected chi connectivity index (χ3v) is 3.33. The fourth-order valence-electron chi connectivity index (χ4n) is 2.26. The SMILES string of the molecule is COc1ccc(Nc2cc(=O)oc3ccccc23)c(OC)c1. The lowest BCUT2D eigenvalue weighted by atomic mass is 10.2. The maximum atomic E-state index is 11.7. The molecule has 5 heteroatoms. The van der Waals surface area contributed by atoms with Crippen molar-refractivity contribution in [2.24, 2.45) is 0 Å². The Balaban J connectivity index is 2.09. The van der Waals surface area contributed by atoms with Crippen molar-refractivity contribution in [3.63, 3.8) is 0 Å². The van der Waals surface area contributed by atoms with Crippen LogP contribution in [0.2, 0.25) is 0 Å². The number of anilines is 2. The monoisotopic (exact) mass is 297 g/mol. The minimum Gasteiger partial charge on any atom is -0.497 e. The van der Waals surface area contributed by atoms with Gasteiger partial charge in [0.05, 0.1) is 25.6 Å². The summed E-state index contributed by atoms with van der Waals surface area (Å²) in [7, 11) is 3.18. The number of para-hydroxylation sites is 1. The maximum Gasteiger partial charge on any atom is 0.338 e. The zero-order valence-electron chi connectivity index (χ0n) is 12.3. The fraction of sp³-hybridized carbons (Fsp3) is 0.118. The van der Waals surface area contributed by atoms with Gasteiger partial charge in [-0.2, -0.15) is 0 Å². The van der Waals surface area contributed by atoms with E-state index in [9.17, 15) is 4.79 Å². The molecule has 1 heterocycles. The van der Waals surface area contributed by atoms with E-state index in [1.807, 2.05) is 30.3 Å². The summed E-state index contributed by atoms with van der Waals surface area (Å²) in [5.41, 5.74) is 1.52. The molecule has 0 aliphatic rings. The van der Waals surface area contributed by atoms with Gasteiger partial charge in [-0.1, -0.05) is 12.1 Å². The number of benzene rings is 2. The predicted molar refractivity (Wildman–Crippen MR) is 85.3 cm³/mol. The van der Waals surface area contributed by atoms with Crippen LogP contribution in [-0.4, -0.2) is 14.2 Å². The lowest BCUT2D eigenvalue weighted by Gasteiger charge is -2.13. The summed E-state index contributed by atoms with van der Waals surface area (Å²) < 4.78 is 15.7. The van der Waals surface area contributed by atoms with E-state index in [-0.39, 0.29) is 0 Å². The van der Waals surface area contributed by atoms with Crippen LogP contribution in [0.15, 0.2) is 57.7 Å². The molecule has 5 nitrogen and oxygen atoms in total. The Morgan fingerprint density at radius 2 is 1.77 bits per heavy atom. The molecule has 0 atom stereocenters. The zero-order valence-corrected chi connectivity index (χ0v) is 12.3. The van der Waals surface area contributed by atoms with Gasteiger partial charge in [-0.05, 0) is 24.3 Å². The first-order valence-corrected chi connectivity index (χ1v) is 6.73. The first-order chi connectivity index (χ1) is 10.7. The van der Waals surface area contributed by atoms with Crippen molar-refractivity contribution in [2.45, 2.75) is 0 Å². The minimum atomic E-state index is -0.409. The second-order valence-corrected chi connectivity index (χ2v) is 4.67. The normalized spacial score (nSPS) is 10.5. The average Bonchev–Trinajstić information content (AvgIpc) is 2.55. The molecule has 3 rings (SSSR count). The van der Waals surface area contributed by atoms with Gasteiger partial charge in [-0.25, -0.2) is 4.79 Å². The highest BCUT2D eigenvalue weighted by atomic mass is 16.5. The third-order valence-electron chi connectivity index (χ3n) is 3.33. The van der Waals surface area contributed by atoms with Gasteiger partial charge in [0.2, 0.25) is 0 Å². The summed E-state index contributed by atoms with van der Waals surface area (Å²) in [5, 5.41) is 4.04. The van der Waals surface area contributed by atoms with E-state index in [1.54, 1.807) is 26.4 Å². The van der Waals surface area contributed by atoms with Crippen LogP contribution in [0.5, 0.6) is 11.5 Å². The van der Waals surface area contributed by atoms with Crippen LogP contribution in [-0.2, 0) is 0 Å². The Bertz CT molecular complexity index is 870. The molecule has 3 aromatic rings. The Kier molecular flexibility index (Phi) is 3.70. The second-order valence-electron chi connectivity index (χ2n) is 4.67. The highest BCUT2D eigenvalue weighted by Crippen LogP contribution is 2.33. The Morgan fingerprint density at radius 1 is 0.955 bits per heavy atom. The highest BCUT2D eigenvalue weighted by Gasteiger charge is 2.09. The van der Waals surface area contributed by atoms with Crippen molar-refractivity contribution in [3.8, 4) is 11.5 Å². The highest BCUT2D eigenvalue weighted by molar-refractivity contribution is 5.92. The van der Waals surface area contributed by atoms with E-state index < -0.39 is 5.63 Å². The third kappa shape index (κ3) is 2.61. The number of ether oxygens (including phenoxy) is 2. The van der Waals surface area contributed by atoms with Crippen LogP contribution >= 0.6 is 0 Å². The lowest BCUT2D eigenvalue weighted by Crippen LogP contribution is -2.02. The van der Waals surface area contributed by atoms with Gasteiger partial charge in [0, 0.05) is 17.5 Å². The summed E-state index contributed by atoms with van der Waals surface area (Å²) >= 11 is 0. The molecule has 0 aliphatic carbocycles. The number of hydrogen-bond donors (Lipinski definition) is 1. The summed E-state index contributed by atoms with van der Waals surface area (Å²) in [4.78, 5) is 11.7. The van der Waals surface area contributed by atoms with Crippen LogP contribution in [0.25, 0.3) is 11.0 Å². The van der Waals surface area contributed by atoms with Crippen molar-refractivity contribution in [2.75, 3.05) is 19.5 Å². The molecular formula is C17H15NO4. The summed E-state index contributed by atoms with van der Waals surface area (Å²) in [5.74, 6) is 1.32. The van der Waals surface area contributed by atoms with E-state index in [0.29, 0.717) is 22.8 Å². The standard InChI is InChI=1S/C17H15NO4/c1-20-11-7-8-13(16(9-11)21-2)18-14-10-17(19)22-15-6-4-3-5-12(14)15/h3-10,18H,1-2H3. The quantitative estimate of drug-likeness (QED) is 0.746. The van der Waals surface area contributed by atoms with Gasteiger partial charge in [-0.15, -0.1) is 0 Å². The van der Waals surface area contributed by atoms with Gasteiger partial charge in [0.1, 0.15) is 17.1 Å². The van der Waals surface area contributed by atoms with Crippen LogP contribution < -0.4 is 20.4 Å². The summed E-state index contributed by atoms with van der Waals surface area (Å²) in [6, 6.07) is 14.2. The first kappa shape index (κ1) is 14.0. The number of nitrogens with one attached hydrogen (secondary N) is 1. The van der Waals surface area contributed by atoms with E-state index in [0.717, 1.165) is 11.1 Å². The molecule has 0 amide bonds. The van der Waals surface area contributed by atoms with E-state index in [1.165, 1.54) is 6.07 Å². The molecule has 22 heavy (non-hydrogen) atoms. The van der Waals surface area contributed by atoms with E-state index in [2.05, 4.69) is 5.32 Å². The molecule has 0 bridgehead atoms. The van der Waals surface area contributed by atoms with Crippen molar-refractivity contribution >= 4 is 22.3 Å². The molecule has 0 fully saturated rings. The second kappa shape index (κ2) is 5.81. The van der Waals surface area contributed by atoms with Gasteiger partial charge < -0.3 is 19.2 Å². The number of fused-ring (bicyclic) bond motifs is 1. The van der Waals surface area contributed by atoms with Gasteiger partial charge in [0.25, 0.3) is 0 Å². The van der Waals surface area contributed by atoms with Crippen LogP contribution in [0.4, 0.5) is 11.4 Å². The van der Waals surface area contributed by atoms with Crippen LogP contribution in [0, 0.1) is 0 Å². The van der Waals surface area contributed by atoms with Gasteiger partial charge in [0.15, 0.2) is 0 Å². The molecule has 0 saturated carbocycles. The number of methoxy groups -OCH3 is 2. The molecule has 0 spiro atoms. The van der Waals surface area contributed by atoms with Crippen LogP contribution in [0.1, 0.15) is 0 Å². The molecular weight excluding hydrogens is 282 g/mol. The Hall–Kier alpha value is -2.95. The predicted octanol–water partition coefficient (Wildman–Crippen LogP) is 3.55.